The van der Waals surface area contributed by atoms with Crippen LogP contribution in [0, 0.1) is 5.82 Å². The predicted molar refractivity (Wildman–Crippen MR) is 112 cm³/mol. The van der Waals surface area contributed by atoms with Crippen molar-refractivity contribution in [1.82, 2.24) is 4.90 Å². The number of hydrogen-bond acceptors (Lipinski definition) is 5. The average Bonchev–Trinajstić information content (AvgIpc) is 3.04. The minimum absolute atomic E-state index is 0.00528. The van der Waals surface area contributed by atoms with Gasteiger partial charge in [0.2, 0.25) is 0 Å². The van der Waals surface area contributed by atoms with E-state index in [9.17, 15) is 24.2 Å². The number of ketones is 1. The fourth-order valence-electron chi connectivity index (χ4n) is 4.62. The van der Waals surface area contributed by atoms with Gasteiger partial charge in [0.15, 0.2) is 0 Å². The zero-order chi connectivity index (χ0) is 22.1. The number of aliphatic hydroxyl groups excluding tert-OH is 1. The minimum atomic E-state index is -0.886. The molecular weight excluding hydrogens is 401 g/mol. The van der Waals surface area contributed by atoms with E-state index >= 15 is 0 Å². The number of benzene rings is 2. The van der Waals surface area contributed by atoms with Crippen molar-refractivity contribution in [2.24, 2.45) is 0 Å². The van der Waals surface area contributed by atoms with Gasteiger partial charge in [0.05, 0.1) is 24.3 Å². The van der Waals surface area contributed by atoms with Crippen molar-refractivity contribution in [3.05, 3.63) is 65.0 Å². The Balaban J connectivity index is 1.92. The number of halogens is 1. The lowest BCUT2D eigenvalue weighted by Crippen LogP contribution is -2.40. The number of carbonyl (C=O) groups excluding carboxylic acids is 2. The van der Waals surface area contributed by atoms with Gasteiger partial charge in [0.25, 0.3) is 11.7 Å². The SMILES string of the molecule is COc1ccc(F)cc1/C(O)=C1\C(=O)C(=O)N(C2CCCCC2)C1c1cccc(O)c1. The van der Waals surface area contributed by atoms with Gasteiger partial charge < -0.3 is 19.8 Å². The van der Waals surface area contributed by atoms with Crippen molar-refractivity contribution in [3.63, 3.8) is 0 Å². The molecule has 2 fully saturated rings. The highest BCUT2D eigenvalue weighted by molar-refractivity contribution is 6.46. The van der Waals surface area contributed by atoms with Crippen LogP contribution in [0.5, 0.6) is 11.5 Å². The molecule has 162 valence electrons. The van der Waals surface area contributed by atoms with Gasteiger partial charge in [0.1, 0.15) is 23.1 Å². The molecule has 2 N–H and O–H groups in total. The highest BCUT2D eigenvalue weighted by Crippen LogP contribution is 2.44. The molecule has 1 atom stereocenters. The Hall–Kier alpha value is -3.35. The van der Waals surface area contributed by atoms with Crippen molar-refractivity contribution in [3.8, 4) is 11.5 Å². The molecule has 1 amide bonds. The van der Waals surface area contributed by atoms with E-state index in [1.807, 2.05) is 0 Å². The zero-order valence-corrected chi connectivity index (χ0v) is 17.2. The first-order valence-corrected chi connectivity index (χ1v) is 10.4. The molecule has 2 aliphatic rings. The minimum Gasteiger partial charge on any atom is -0.508 e. The maximum Gasteiger partial charge on any atom is 0.295 e. The number of likely N-dealkylation sites (tertiary alicyclic amines) is 1. The van der Waals surface area contributed by atoms with Gasteiger partial charge in [0, 0.05) is 6.04 Å². The summed E-state index contributed by atoms with van der Waals surface area (Å²) in [5.41, 5.74) is 0.362. The van der Waals surface area contributed by atoms with Crippen molar-refractivity contribution >= 4 is 17.4 Å². The van der Waals surface area contributed by atoms with E-state index in [-0.39, 0.29) is 28.7 Å². The van der Waals surface area contributed by atoms with Crippen LogP contribution in [0.25, 0.3) is 5.76 Å². The molecule has 1 aliphatic carbocycles. The molecule has 4 rings (SSSR count). The smallest absolute Gasteiger partial charge is 0.295 e. The first-order valence-electron chi connectivity index (χ1n) is 10.4. The number of amides is 1. The van der Waals surface area contributed by atoms with E-state index < -0.39 is 29.3 Å². The third-order valence-corrected chi connectivity index (χ3v) is 6.05. The lowest BCUT2D eigenvalue weighted by Gasteiger charge is -2.35. The van der Waals surface area contributed by atoms with Crippen LogP contribution < -0.4 is 4.74 Å². The Kier molecular flexibility index (Phi) is 5.67. The van der Waals surface area contributed by atoms with Crippen LogP contribution in [0.1, 0.15) is 49.3 Å². The van der Waals surface area contributed by atoms with Crippen molar-refractivity contribution < 1.29 is 28.9 Å². The number of aromatic hydroxyl groups is 1. The Morgan fingerprint density at radius 1 is 1.10 bits per heavy atom. The molecule has 1 saturated heterocycles. The number of methoxy groups -OCH3 is 1. The Bertz CT molecular complexity index is 1060. The van der Waals surface area contributed by atoms with Crippen LogP contribution >= 0.6 is 0 Å². The fourth-order valence-corrected chi connectivity index (χ4v) is 4.62. The van der Waals surface area contributed by atoms with Crippen LogP contribution in [0.15, 0.2) is 48.0 Å². The molecule has 1 saturated carbocycles. The molecule has 7 heteroatoms. The highest BCUT2D eigenvalue weighted by Gasteiger charge is 2.49. The topological polar surface area (TPSA) is 87.1 Å². The number of phenols is 1. The van der Waals surface area contributed by atoms with Gasteiger partial charge >= 0.3 is 0 Å². The normalized spacial score (nSPS) is 21.5. The molecule has 0 bridgehead atoms. The number of rotatable bonds is 4. The summed E-state index contributed by atoms with van der Waals surface area (Å²) in [7, 11) is 1.37. The van der Waals surface area contributed by atoms with Crippen LogP contribution in [-0.2, 0) is 9.59 Å². The van der Waals surface area contributed by atoms with Crippen molar-refractivity contribution in [2.75, 3.05) is 7.11 Å². The molecule has 6 nitrogen and oxygen atoms in total. The summed E-state index contributed by atoms with van der Waals surface area (Å²) >= 11 is 0. The number of nitrogens with zero attached hydrogens (tertiary/aromatic N) is 1. The average molecular weight is 425 g/mol. The van der Waals surface area contributed by atoms with Gasteiger partial charge in [-0.15, -0.1) is 0 Å². The summed E-state index contributed by atoms with van der Waals surface area (Å²) in [5, 5.41) is 21.2. The maximum atomic E-state index is 14.0. The molecule has 2 aromatic carbocycles. The van der Waals surface area contributed by atoms with E-state index in [0.29, 0.717) is 5.56 Å². The molecule has 0 aromatic heterocycles. The van der Waals surface area contributed by atoms with Gasteiger partial charge in [-0.05, 0) is 48.7 Å². The molecule has 2 aromatic rings. The molecule has 1 unspecified atom stereocenters. The standard InChI is InChI=1S/C24H24FNO5/c1-31-19-11-10-15(25)13-18(19)22(28)20-21(14-6-5-9-17(27)12-14)26(24(30)23(20)29)16-7-3-2-4-8-16/h5-6,9-13,16,21,27-28H,2-4,7-8H2,1H3/b22-20+. The zero-order valence-electron chi connectivity index (χ0n) is 17.2. The number of Topliss-reactive ketones (excluding diaryl/α,β-unsaturated/α-hetero) is 1. The molecular formula is C24H24FNO5. The van der Waals surface area contributed by atoms with Gasteiger partial charge in [-0.2, -0.15) is 0 Å². The van der Waals surface area contributed by atoms with E-state index in [0.717, 1.165) is 38.2 Å². The second-order valence-electron chi connectivity index (χ2n) is 7.94. The molecule has 0 radical (unpaired) electrons. The van der Waals surface area contributed by atoms with Gasteiger partial charge in [-0.1, -0.05) is 31.4 Å². The first kappa shape index (κ1) is 20.9. The Labute approximate surface area is 179 Å². The third kappa shape index (κ3) is 3.76. The fraction of sp³-hybridized carbons (Fsp3) is 0.333. The first-order chi connectivity index (χ1) is 14.9. The predicted octanol–water partition coefficient (Wildman–Crippen LogP) is 4.29. The number of hydrogen-bond donors (Lipinski definition) is 2. The molecule has 1 heterocycles. The number of ether oxygens (including phenoxy) is 1. The largest absolute Gasteiger partial charge is 0.508 e. The van der Waals surface area contributed by atoms with Crippen molar-refractivity contribution in [2.45, 2.75) is 44.2 Å². The van der Waals surface area contributed by atoms with Gasteiger partial charge in [-0.3, -0.25) is 9.59 Å². The van der Waals surface area contributed by atoms with E-state index in [1.54, 1.807) is 12.1 Å². The Morgan fingerprint density at radius 3 is 2.52 bits per heavy atom. The van der Waals surface area contributed by atoms with E-state index in [2.05, 4.69) is 0 Å². The quantitative estimate of drug-likeness (QED) is 0.433. The molecule has 31 heavy (non-hydrogen) atoms. The van der Waals surface area contributed by atoms with Crippen LogP contribution in [0.2, 0.25) is 0 Å². The number of phenolic OH excluding ortho intramolecular Hbond substituents is 1. The number of aliphatic hydroxyl groups is 1. The Morgan fingerprint density at radius 2 is 1.84 bits per heavy atom. The molecule has 1 aliphatic heterocycles. The second kappa shape index (κ2) is 8.41. The van der Waals surface area contributed by atoms with Crippen LogP contribution in [0.3, 0.4) is 0 Å². The van der Waals surface area contributed by atoms with Crippen LogP contribution in [0.4, 0.5) is 4.39 Å². The lowest BCUT2D eigenvalue weighted by atomic mass is 9.90. The summed E-state index contributed by atoms with van der Waals surface area (Å²) in [5.74, 6) is -2.48. The monoisotopic (exact) mass is 425 g/mol. The third-order valence-electron chi connectivity index (χ3n) is 6.05. The lowest BCUT2D eigenvalue weighted by molar-refractivity contribution is -0.141. The second-order valence-corrected chi connectivity index (χ2v) is 7.94. The van der Waals surface area contributed by atoms with Crippen molar-refractivity contribution in [1.29, 1.82) is 0 Å². The van der Waals surface area contributed by atoms with Crippen LogP contribution in [-0.4, -0.2) is 40.0 Å². The summed E-state index contributed by atoms with van der Waals surface area (Å²) in [4.78, 5) is 27.7. The summed E-state index contributed by atoms with van der Waals surface area (Å²) in [6, 6.07) is 8.85. The summed E-state index contributed by atoms with van der Waals surface area (Å²) < 4.78 is 19.2. The summed E-state index contributed by atoms with van der Waals surface area (Å²) in [6.45, 7) is 0. The van der Waals surface area contributed by atoms with E-state index in [1.165, 1.54) is 36.3 Å². The highest BCUT2D eigenvalue weighted by atomic mass is 19.1. The van der Waals surface area contributed by atoms with Gasteiger partial charge in [-0.25, -0.2) is 4.39 Å². The summed E-state index contributed by atoms with van der Waals surface area (Å²) in [6.07, 6.45) is 4.46. The van der Waals surface area contributed by atoms with E-state index in [4.69, 9.17) is 4.74 Å². The molecule has 0 spiro atoms. The maximum absolute atomic E-state index is 14.0. The number of carbonyl (C=O) groups is 2.